The summed E-state index contributed by atoms with van der Waals surface area (Å²) in [4.78, 5) is 16.5. The van der Waals surface area contributed by atoms with Crippen LogP contribution in [0, 0.1) is 0 Å². The molecular weight excluding hydrogens is 378 g/mol. The topological polar surface area (TPSA) is 38.1 Å². The predicted octanol–water partition coefficient (Wildman–Crippen LogP) is 4.94. The van der Waals surface area contributed by atoms with Gasteiger partial charge in [-0.05, 0) is 45.8 Å². The van der Waals surface area contributed by atoms with E-state index < -0.39 is 0 Å². The molecule has 5 heteroatoms. The van der Waals surface area contributed by atoms with Gasteiger partial charge >= 0.3 is 0 Å². The van der Waals surface area contributed by atoms with Crippen LogP contribution < -0.4 is 0 Å². The molecule has 0 saturated heterocycles. The third kappa shape index (κ3) is 3.38. The first kappa shape index (κ1) is 17.9. The zero-order valence-electron chi connectivity index (χ0n) is 16.2. The zero-order chi connectivity index (χ0) is 19.8. The molecule has 0 bridgehead atoms. The summed E-state index contributed by atoms with van der Waals surface area (Å²) in [5, 5.41) is 6.41. The minimum atomic E-state index is 0.0751. The van der Waals surface area contributed by atoms with E-state index in [1.54, 1.807) is 11.3 Å². The van der Waals surface area contributed by atoms with Gasteiger partial charge in [0.1, 0.15) is 0 Å². The molecule has 0 radical (unpaired) electrons. The Kier molecular flexibility index (Phi) is 4.52. The van der Waals surface area contributed by atoms with Crippen molar-refractivity contribution in [2.24, 2.45) is 7.05 Å². The van der Waals surface area contributed by atoms with Crippen molar-refractivity contribution < 1.29 is 4.79 Å². The van der Waals surface area contributed by atoms with Crippen LogP contribution in [0.2, 0.25) is 0 Å². The van der Waals surface area contributed by atoms with Crippen molar-refractivity contribution in [2.45, 2.75) is 12.5 Å². The lowest BCUT2D eigenvalue weighted by molar-refractivity contribution is 0.0725. The molecule has 0 fully saturated rings. The van der Waals surface area contributed by atoms with Gasteiger partial charge < -0.3 is 4.90 Å². The second-order valence-electron chi connectivity index (χ2n) is 7.44. The van der Waals surface area contributed by atoms with Gasteiger partial charge in [-0.15, -0.1) is 11.3 Å². The van der Waals surface area contributed by atoms with Crippen molar-refractivity contribution in [3.8, 4) is 10.4 Å². The Balaban J connectivity index is 1.44. The molecule has 1 amide bonds. The van der Waals surface area contributed by atoms with Crippen LogP contribution in [-0.4, -0.2) is 27.1 Å². The maximum atomic E-state index is 13.3. The lowest BCUT2D eigenvalue weighted by Gasteiger charge is -2.34. The first-order chi connectivity index (χ1) is 14.2. The van der Waals surface area contributed by atoms with Crippen molar-refractivity contribution in [2.75, 3.05) is 6.54 Å². The third-order valence-corrected chi connectivity index (χ3v) is 6.47. The van der Waals surface area contributed by atoms with E-state index in [0.29, 0.717) is 13.1 Å². The second kappa shape index (κ2) is 7.33. The maximum absolute atomic E-state index is 13.3. The van der Waals surface area contributed by atoms with Gasteiger partial charge in [-0.1, -0.05) is 42.5 Å². The molecule has 2 aromatic heterocycles. The number of nitrogens with zero attached hydrogens (tertiary/aromatic N) is 3. The van der Waals surface area contributed by atoms with Gasteiger partial charge in [-0.3, -0.25) is 9.48 Å². The molecule has 0 N–H and O–H groups in total. The number of amides is 1. The fourth-order valence-electron chi connectivity index (χ4n) is 4.07. The van der Waals surface area contributed by atoms with Crippen LogP contribution in [0.3, 0.4) is 0 Å². The van der Waals surface area contributed by atoms with Crippen LogP contribution in [0.4, 0.5) is 0 Å². The molecule has 144 valence electrons. The number of benzene rings is 2. The Morgan fingerprint density at radius 1 is 1.07 bits per heavy atom. The normalized spacial score (nSPS) is 15.9. The van der Waals surface area contributed by atoms with Crippen molar-refractivity contribution in [1.29, 1.82) is 0 Å². The second-order valence-corrected chi connectivity index (χ2v) is 8.39. The van der Waals surface area contributed by atoms with E-state index in [4.69, 9.17) is 0 Å². The van der Waals surface area contributed by atoms with E-state index in [-0.39, 0.29) is 11.8 Å². The highest BCUT2D eigenvalue weighted by atomic mass is 32.1. The largest absolute Gasteiger partial charge is 0.333 e. The average Bonchev–Trinajstić information content (AvgIpc) is 3.45. The molecule has 1 atom stereocenters. The molecule has 0 spiro atoms. The average molecular weight is 400 g/mol. The van der Waals surface area contributed by atoms with Gasteiger partial charge in [0.25, 0.3) is 5.91 Å². The van der Waals surface area contributed by atoms with Crippen LogP contribution >= 0.6 is 11.3 Å². The van der Waals surface area contributed by atoms with Gasteiger partial charge in [0.15, 0.2) is 0 Å². The first-order valence-corrected chi connectivity index (χ1v) is 10.6. The molecular formula is C24H21N3OS. The molecule has 4 aromatic rings. The highest BCUT2D eigenvalue weighted by molar-refractivity contribution is 7.13. The predicted molar refractivity (Wildman–Crippen MR) is 116 cm³/mol. The fraction of sp³-hybridized carbons (Fsp3) is 0.167. The van der Waals surface area contributed by atoms with E-state index in [0.717, 1.165) is 16.7 Å². The highest BCUT2D eigenvalue weighted by Gasteiger charge is 2.30. The van der Waals surface area contributed by atoms with Crippen molar-refractivity contribution >= 4 is 17.2 Å². The van der Waals surface area contributed by atoms with E-state index in [1.807, 2.05) is 65.4 Å². The van der Waals surface area contributed by atoms with Crippen LogP contribution in [0.5, 0.6) is 0 Å². The van der Waals surface area contributed by atoms with Crippen LogP contribution in [-0.2, 0) is 13.6 Å². The van der Waals surface area contributed by atoms with E-state index >= 15 is 0 Å². The summed E-state index contributed by atoms with van der Waals surface area (Å²) in [7, 11) is 1.93. The molecule has 2 aromatic carbocycles. The molecule has 0 aliphatic carbocycles. The van der Waals surface area contributed by atoms with Gasteiger partial charge in [0, 0.05) is 42.7 Å². The number of hydrogen-bond acceptors (Lipinski definition) is 3. The molecule has 0 saturated carbocycles. The summed E-state index contributed by atoms with van der Waals surface area (Å²) in [5.41, 5.74) is 5.52. The summed E-state index contributed by atoms with van der Waals surface area (Å²) in [5.74, 6) is 0.217. The summed E-state index contributed by atoms with van der Waals surface area (Å²) < 4.78 is 1.82. The molecule has 1 aliphatic heterocycles. The summed E-state index contributed by atoms with van der Waals surface area (Å²) in [6.07, 6.45) is 3.95. The van der Waals surface area contributed by atoms with E-state index in [9.17, 15) is 4.79 Å². The minimum absolute atomic E-state index is 0.0751. The number of rotatable bonds is 3. The van der Waals surface area contributed by atoms with Gasteiger partial charge in [-0.25, -0.2) is 0 Å². The number of thiophene rings is 1. The first-order valence-electron chi connectivity index (χ1n) is 9.68. The van der Waals surface area contributed by atoms with E-state index in [1.165, 1.54) is 16.0 Å². The van der Waals surface area contributed by atoms with Crippen molar-refractivity contribution in [3.63, 3.8) is 0 Å². The quantitative estimate of drug-likeness (QED) is 0.490. The molecule has 5 rings (SSSR count). The Morgan fingerprint density at radius 2 is 1.90 bits per heavy atom. The van der Waals surface area contributed by atoms with Gasteiger partial charge in [-0.2, -0.15) is 5.10 Å². The maximum Gasteiger partial charge on any atom is 0.254 e. The number of aromatic nitrogens is 2. The Labute approximate surface area is 174 Å². The van der Waals surface area contributed by atoms with E-state index in [2.05, 4.69) is 34.7 Å². The van der Waals surface area contributed by atoms with Gasteiger partial charge in [0.05, 0.1) is 6.20 Å². The summed E-state index contributed by atoms with van der Waals surface area (Å²) >= 11 is 1.71. The summed E-state index contributed by atoms with van der Waals surface area (Å²) in [6, 6.07) is 20.5. The van der Waals surface area contributed by atoms with Crippen molar-refractivity contribution in [1.82, 2.24) is 14.7 Å². The van der Waals surface area contributed by atoms with Crippen molar-refractivity contribution in [3.05, 3.63) is 101 Å². The number of aryl methyl sites for hydroxylation is 1. The molecule has 1 aliphatic rings. The Bertz CT molecular complexity index is 1150. The SMILES string of the molecule is Cn1cc(C2CN(C(=O)c3ccc(-c4cccs4)cc3)Cc3ccccc32)cn1. The molecule has 3 heterocycles. The number of hydrogen-bond donors (Lipinski definition) is 0. The van der Waals surface area contributed by atoms with Crippen LogP contribution in [0.1, 0.15) is 33.0 Å². The number of carbonyl (C=O) groups is 1. The monoisotopic (exact) mass is 399 g/mol. The molecule has 29 heavy (non-hydrogen) atoms. The Morgan fingerprint density at radius 3 is 2.62 bits per heavy atom. The Hall–Kier alpha value is -3.18. The molecule has 4 nitrogen and oxygen atoms in total. The number of fused-ring (bicyclic) bond motifs is 1. The lowest BCUT2D eigenvalue weighted by Crippen LogP contribution is -2.38. The van der Waals surface area contributed by atoms with Crippen LogP contribution in [0.15, 0.2) is 78.4 Å². The lowest BCUT2D eigenvalue weighted by atomic mass is 9.86. The van der Waals surface area contributed by atoms with Gasteiger partial charge in [0.2, 0.25) is 0 Å². The highest BCUT2D eigenvalue weighted by Crippen LogP contribution is 2.34. The third-order valence-electron chi connectivity index (χ3n) is 5.55. The zero-order valence-corrected chi connectivity index (χ0v) is 17.0. The van der Waals surface area contributed by atoms with Crippen LogP contribution in [0.25, 0.3) is 10.4 Å². The summed E-state index contributed by atoms with van der Waals surface area (Å²) in [6.45, 7) is 1.30. The minimum Gasteiger partial charge on any atom is -0.333 e. The molecule has 1 unspecified atom stereocenters. The fourth-order valence-corrected chi connectivity index (χ4v) is 4.80. The number of carbonyl (C=O) groups excluding carboxylic acids is 1. The standard InChI is InChI=1S/C24H21N3OS/c1-26-14-20(13-25-26)22-16-27(15-19-5-2-3-6-21(19)22)24(28)18-10-8-17(9-11-18)23-7-4-12-29-23/h2-14,22H,15-16H2,1H3. The smallest absolute Gasteiger partial charge is 0.254 e.